The summed E-state index contributed by atoms with van der Waals surface area (Å²) in [6, 6.07) is 14.7. The Balaban J connectivity index is 1.50. The zero-order chi connectivity index (χ0) is 17.5. The number of hydrogen-bond donors (Lipinski definition) is 2. The van der Waals surface area contributed by atoms with Crippen molar-refractivity contribution in [1.82, 2.24) is 5.32 Å². The van der Waals surface area contributed by atoms with Crippen LogP contribution < -0.4 is 10.1 Å². The summed E-state index contributed by atoms with van der Waals surface area (Å²) in [5, 5.41) is 12.4. The van der Waals surface area contributed by atoms with E-state index in [2.05, 4.69) is 5.32 Å². The van der Waals surface area contributed by atoms with Crippen molar-refractivity contribution in [1.29, 1.82) is 0 Å². The van der Waals surface area contributed by atoms with E-state index in [1.165, 1.54) is 19.3 Å². The lowest BCUT2D eigenvalue weighted by molar-refractivity contribution is -0.120. The molecule has 0 aromatic heterocycles. The molecule has 1 fully saturated rings. The number of nitrogens with one attached hydrogen (secondary N) is 1. The summed E-state index contributed by atoms with van der Waals surface area (Å²) >= 11 is 0. The number of phenolic OH excluding ortho intramolecular Hbond substituents is 1. The summed E-state index contributed by atoms with van der Waals surface area (Å²) in [6.45, 7) is 0.472. The monoisotopic (exact) mass is 339 g/mol. The first-order valence-corrected chi connectivity index (χ1v) is 8.99. The van der Waals surface area contributed by atoms with E-state index in [0.29, 0.717) is 12.6 Å². The third-order valence-electron chi connectivity index (χ3n) is 4.52. The van der Waals surface area contributed by atoms with Gasteiger partial charge in [-0.1, -0.05) is 30.7 Å². The quantitative estimate of drug-likeness (QED) is 0.837. The van der Waals surface area contributed by atoms with Crippen LogP contribution in [0.5, 0.6) is 11.5 Å². The molecule has 0 radical (unpaired) electrons. The fourth-order valence-corrected chi connectivity index (χ4v) is 3.22. The summed E-state index contributed by atoms with van der Waals surface area (Å²) in [6.07, 6.45) is 6.64. The van der Waals surface area contributed by atoms with Gasteiger partial charge in [-0.3, -0.25) is 4.79 Å². The first-order valence-electron chi connectivity index (χ1n) is 8.99. The fourth-order valence-electron chi connectivity index (χ4n) is 3.22. The number of rotatable bonds is 6. The van der Waals surface area contributed by atoms with Gasteiger partial charge in [0.15, 0.2) is 0 Å². The maximum atomic E-state index is 12.1. The molecule has 0 bridgehead atoms. The number of benzene rings is 2. The highest BCUT2D eigenvalue weighted by atomic mass is 16.5. The maximum Gasteiger partial charge on any atom is 0.224 e. The van der Waals surface area contributed by atoms with Crippen molar-refractivity contribution in [2.75, 3.05) is 0 Å². The van der Waals surface area contributed by atoms with Gasteiger partial charge in [-0.05, 0) is 61.1 Å². The van der Waals surface area contributed by atoms with Crippen LogP contribution in [-0.4, -0.2) is 17.1 Å². The molecule has 0 spiro atoms. The fraction of sp³-hybridized carbons (Fsp3) is 0.381. The van der Waals surface area contributed by atoms with Crippen molar-refractivity contribution in [3.05, 3.63) is 59.7 Å². The Labute approximate surface area is 148 Å². The Hall–Kier alpha value is -2.49. The average Bonchev–Trinajstić information content (AvgIpc) is 2.61. The lowest BCUT2D eigenvalue weighted by Crippen LogP contribution is -2.24. The molecule has 0 aliphatic heterocycles. The smallest absolute Gasteiger partial charge is 0.224 e. The second kappa shape index (κ2) is 8.56. The molecule has 4 heteroatoms. The Morgan fingerprint density at radius 3 is 2.60 bits per heavy atom. The number of phenols is 1. The van der Waals surface area contributed by atoms with E-state index in [1.807, 2.05) is 30.3 Å². The van der Waals surface area contributed by atoms with Crippen molar-refractivity contribution < 1.29 is 14.6 Å². The van der Waals surface area contributed by atoms with Crippen LogP contribution in [0.2, 0.25) is 0 Å². The van der Waals surface area contributed by atoms with Gasteiger partial charge in [0.25, 0.3) is 0 Å². The van der Waals surface area contributed by atoms with Gasteiger partial charge in [0.05, 0.1) is 12.5 Å². The summed E-state index contributed by atoms with van der Waals surface area (Å²) in [5.41, 5.74) is 1.82. The van der Waals surface area contributed by atoms with Crippen LogP contribution in [0.15, 0.2) is 48.5 Å². The highest BCUT2D eigenvalue weighted by molar-refractivity contribution is 5.78. The molecule has 3 rings (SSSR count). The predicted octanol–water partition coefficient (Wildman–Crippen LogP) is 3.96. The van der Waals surface area contributed by atoms with Crippen molar-refractivity contribution in [2.45, 2.75) is 51.2 Å². The van der Waals surface area contributed by atoms with E-state index in [1.54, 1.807) is 18.2 Å². The molecule has 1 aliphatic carbocycles. The molecule has 0 atom stereocenters. The van der Waals surface area contributed by atoms with E-state index in [9.17, 15) is 9.90 Å². The second-order valence-electron chi connectivity index (χ2n) is 6.65. The van der Waals surface area contributed by atoms with E-state index in [4.69, 9.17) is 4.74 Å². The zero-order valence-corrected chi connectivity index (χ0v) is 14.4. The van der Waals surface area contributed by atoms with Gasteiger partial charge in [-0.15, -0.1) is 0 Å². The molecule has 1 amide bonds. The normalized spacial score (nSPS) is 14.9. The van der Waals surface area contributed by atoms with Crippen LogP contribution in [-0.2, 0) is 17.8 Å². The van der Waals surface area contributed by atoms with Crippen molar-refractivity contribution in [3.8, 4) is 11.5 Å². The van der Waals surface area contributed by atoms with Crippen LogP contribution in [0, 0.1) is 0 Å². The van der Waals surface area contributed by atoms with Crippen molar-refractivity contribution in [3.63, 3.8) is 0 Å². The van der Waals surface area contributed by atoms with Crippen LogP contribution in [0.25, 0.3) is 0 Å². The van der Waals surface area contributed by atoms with E-state index < -0.39 is 0 Å². The minimum atomic E-state index is -0.0656. The summed E-state index contributed by atoms with van der Waals surface area (Å²) in [7, 11) is 0. The Bertz CT molecular complexity index is 708. The van der Waals surface area contributed by atoms with Crippen molar-refractivity contribution in [2.24, 2.45) is 0 Å². The summed E-state index contributed by atoms with van der Waals surface area (Å²) < 4.78 is 6.07. The van der Waals surface area contributed by atoms with Crippen LogP contribution >= 0.6 is 0 Å². The molecular weight excluding hydrogens is 314 g/mol. The molecule has 2 N–H and O–H groups in total. The molecular formula is C21H25NO3. The van der Waals surface area contributed by atoms with E-state index in [0.717, 1.165) is 29.7 Å². The van der Waals surface area contributed by atoms with Gasteiger partial charge in [0.2, 0.25) is 5.91 Å². The van der Waals surface area contributed by atoms with Gasteiger partial charge in [0.1, 0.15) is 11.5 Å². The second-order valence-corrected chi connectivity index (χ2v) is 6.65. The van der Waals surface area contributed by atoms with Gasteiger partial charge in [-0.25, -0.2) is 0 Å². The van der Waals surface area contributed by atoms with E-state index in [-0.39, 0.29) is 18.1 Å². The SMILES string of the molecule is O=C(Cc1cccc(O)c1)NCc1cccc(OC2CCCCC2)c1. The highest BCUT2D eigenvalue weighted by Gasteiger charge is 2.14. The van der Waals surface area contributed by atoms with Gasteiger partial charge in [-0.2, -0.15) is 0 Å². The first-order chi connectivity index (χ1) is 12.2. The lowest BCUT2D eigenvalue weighted by Gasteiger charge is -2.23. The number of carbonyl (C=O) groups is 1. The molecule has 0 unspecified atom stereocenters. The summed E-state index contributed by atoms with van der Waals surface area (Å²) in [4.78, 5) is 12.1. The predicted molar refractivity (Wildman–Crippen MR) is 97.6 cm³/mol. The number of carbonyl (C=O) groups excluding carboxylic acids is 1. The van der Waals surface area contributed by atoms with Gasteiger partial charge >= 0.3 is 0 Å². The topological polar surface area (TPSA) is 58.6 Å². The average molecular weight is 339 g/mol. The molecule has 1 aliphatic rings. The largest absolute Gasteiger partial charge is 0.508 e. The highest BCUT2D eigenvalue weighted by Crippen LogP contribution is 2.24. The third-order valence-corrected chi connectivity index (χ3v) is 4.52. The Morgan fingerprint density at radius 1 is 1.04 bits per heavy atom. The van der Waals surface area contributed by atoms with Gasteiger partial charge < -0.3 is 15.2 Å². The molecule has 1 saturated carbocycles. The molecule has 25 heavy (non-hydrogen) atoms. The number of hydrogen-bond acceptors (Lipinski definition) is 3. The molecule has 132 valence electrons. The third kappa shape index (κ3) is 5.52. The molecule has 2 aromatic rings. The first kappa shape index (κ1) is 17.3. The number of ether oxygens (including phenoxy) is 1. The Kier molecular flexibility index (Phi) is 5.94. The number of aromatic hydroxyl groups is 1. The molecule has 4 nitrogen and oxygen atoms in total. The standard InChI is InChI=1S/C21H25NO3/c23-18-8-4-6-16(12-18)14-21(24)22-15-17-7-5-11-20(13-17)25-19-9-2-1-3-10-19/h4-8,11-13,19,23H,1-3,9-10,14-15H2,(H,22,24). The van der Waals surface area contributed by atoms with Crippen molar-refractivity contribution >= 4 is 5.91 Å². The van der Waals surface area contributed by atoms with Crippen LogP contribution in [0.4, 0.5) is 0 Å². The van der Waals surface area contributed by atoms with Gasteiger partial charge in [0, 0.05) is 6.54 Å². The lowest BCUT2D eigenvalue weighted by atomic mass is 9.98. The Morgan fingerprint density at radius 2 is 1.80 bits per heavy atom. The maximum absolute atomic E-state index is 12.1. The van der Waals surface area contributed by atoms with E-state index >= 15 is 0 Å². The minimum Gasteiger partial charge on any atom is -0.508 e. The molecule has 2 aromatic carbocycles. The number of amides is 1. The van der Waals surface area contributed by atoms with Crippen LogP contribution in [0.3, 0.4) is 0 Å². The minimum absolute atomic E-state index is 0.0656. The summed E-state index contributed by atoms with van der Waals surface area (Å²) in [5.74, 6) is 0.994. The molecule has 0 heterocycles. The van der Waals surface area contributed by atoms with Crippen LogP contribution in [0.1, 0.15) is 43.2 Å². The zero-order valence-electron chi connectivity index (χ0n) is 14.4. The molecule has 0 saturated heterocycles.